The Morgan fingerprint density at radius 1 is 1.32 bits per heavy atom. The van der Waals surface area contributed by atoms with Crippen molar-refractivity contribution in [3.8, 4) is 5.75 Å². The summed E-state index contributed by atoms with van der Waals surface area (Å²) in [7, 11) is 0. The fraction of sp³-hybridized carbons (Fsp3) is 0.235. The number of carbonyl (C=O) groups is 2. The Kier molecular flexibility index (Phi) is 5.78. The summed E-state index contributed by atoms with van der Waals surface area (Å²) in [5, 5.41) is 17.4. The van der Waals surface area contributed by atoms with E-state index in [1.54, 1.807) is 43.6 Å². The molecule has 0 aliphatic carbocycles. The van der Waals surface area contributed by atoms with E-state index >= 15 is 0 Å². The Balaban J connectivity index is 2.27. The highest BCUT2D eigenvalue weighted by Gasteiger charge is 2.20. The number of ketones is 1. The number of nitrogens with two attached hydrogens (primary N) is 1. The minimum atomic E-state index is -1.03. The van der Waals surface area contributed by atoms with Gasteiger partial charge in [0, 0.05) is 25.0 Å². The van der Waals surface area contributed by atoms with Crippen molar-refractivity contribution in [1.82, 2.24) is 9.97 Å². The normalized spacial score (nSPS) is 11.4. The molecule has 8 nitrogen and oxygen atoms in total. The number of hydrogen-bond acceptors (Lipinski definition) is 6. The molecule has 0 spiro atoms. The highest BCUT2D eigenvalue weighted by atomic mass is 16.5. The van der Waals surface area contributed by atoms with Crippen molar-refractivity contribution in [3.63, 3.8) is 0 Å². The lowest BCUT2D eigenvalue weighted by atomic mass is 10.0. The molecule has 2 rings (SSSR count). The van der Waals surface area contributed by atoms with Gasteiger partial charge in [-0.1, -0.05) is 0 Å². The molecule has 2 aromatic rings. The van der Waals surface area contributed by atoms with Crippen molar-refractivity contribution in [2.75, 3.05) is 11.9 Å². The third kappa shape index (κ3) is 4.84. The molecule has 0 fully saturated rings. The van der Waals surface area contributed by atoms with Gasteiger partial charge >= 0.3 is 5.97 Å². The summed E-state index contributed by atoms with van der Waals surface area (Å²) in [6, 6.07) is 6.56. The van der Waals surface area contributed by atoms with E-state index < -0.39 is 12.1 Å². The maximum atomic E-state index is 11.6. The summed E-state index contributed by atoms with van der Waals surface area (Å²) >= 11 is 0. The average molecular weight is 343 g/mol. The van der Waals surface area contributed by atoms with Gasteiger partial charge in [-0.05, 0) is 31.2 Å². The Morgan fingerprint density at radius 3 is 2.60 bits per heavy atom. The third-order valence-corrected chi connectivity index (χ3v) is 3.35. The fourth-order valence-electron chi connectivity index (χ4n) is 2.11. The van der Waals surface area contributed by atoms with Crippen molar-refractivity contribution in [1.29, 1.82) is 0 Å². The molecule has 0 saturated carbocycles. The molecule has 130 valence electrons. The van der Waals surface area contributed by atoms with Gasteiger partial charge in [-0.2, -0.15) is 0 Å². The number of anilines is 1. The molecule has 1 atom stereocenters. The second-order valence-corrected chi connectivity index (χ2v) is 5.29. The van der Waals surface area contributed by atoms with Gasteiger partial charge in [-0.25, -0.2) is 9.97 Å². The van der Waals surface area contributed by atoms with Gasteiger partial charge in [0.2, 0.25) is 11.5 Å². The molecule has 1 heterocycles. The van der Waals surface area contributed by atoms with Crippen LogP contribution in [0.2, 0.25) is 0 Å². The van der Waals surface area contributed by atoms with E-state index in [0.717, 1.165) is 0 Å². The molecule has 0 bridgehead atoms. The van der Waals surface area contributed by atoms with Gasteiger partial charge < -0.3 is 15.2 Å². The second-order valence-electron chi connectivity index (χ2n) is 5.29. The molecule has 4 N–H and O–H groups in total. The van der Waals surface area contributed by atoms with Gasteiger partial charge in [-0.15, -0.1) is 0 Å². The number of rotatable bonds is 8. The molecule has 1 aromatic carbocycles. The molecule has 25 heavy (non-hydrogen) atoms. The van der Waals surface area contributed by atoms with E-state index in [2.05, 4.69) is 15.3 Å². The number of Topliss-reactive ketones (excluding diaryl/α,β-unsaturated/α-hetero) is 1. The first-order valence-electron chi connectivity index (χ1n) is 7.55. The van der Waals surface area contributed by atoms with Crippen molar-refractivity contribution in [2.45, 2.75) is 20.0 Å². The number of ether oxygens (including phenoxy) is 1. The number of nitrogens with zero attached hydrogens (tertiary/aromatic N) is 2. The molecular formula is C17H19N4O4+. The predicted octanol–water partition coefficient (Wildman–Crippen LogP) is 0.250. The van der Waals surface area contributed by atoms with Crippen LogP contribution >= 0.6 is 0 Å². The lowest BCUT2D eigenvalue weighted by Gasteiger charge is -2.15. The first-order chi connectivity index (χ1) is 11.9. The molecular weight excluding hydrogens is 324 g/mol. The SMILES string of the molecule is CC(=O)C(=[NH2+])c1cc(OC(C)c2ncccn2)ccc1NCC(=O)O. The van der Waals surface area contributed by atoms with Crippen LogP contribution in [0.25, 0.3) is 0 Å². The monoisotopic (exact) mass is 343 g/mol. The zero-order chi connectivity index (χ0) is 18.4. The Bertz CT molecular complexity index is 792. The van der Waals surface area contributed by atoms with Crippen LogP contribution < -0.4 is 15.5 Å². The summed E-state index contributed by atoms with van der Waals surface area (Å²) in [4.78, 5) is 30.6. The lowest BCUT2D eigenvalue weighted by molar-refractivity contribution is -0.135. The van der Waals surface area contributed by atoms with Crippen molar-refractivity contribution >= 4 is 23.2 Å². The van der Waals surface area contributed by atoms with Crippen LogP contribution in [-0.4, -0.2) is 39.1 Å². The van der Waals surface area contributed by atoms with Crippen LogP contribution in [0.1, 0.15) is 31.3 Å². The van der Waals surface area contributed by atoms with Crippen LogP contribution in [0.4, 0.5) is 5.69 Å². The molecule has 1 aromatic heterocycles. The highest BCUT2D eigenvalue weighted by Crippen LogP contribution is 2.25. The van der Waals surface area contributed by atoms with Gasteiger partial charge in [0.1, 0.15) is 12.3 Å². The minimum absolute atomic E-state index is 0.0157. The van der Waals surface area contributed by atoms with Gasteiger partial charge in [-0.3, -0.25) is 15.0 Å². The summed E-state index contributed by atoms with van der Waals surface area (Å²) in [6.07, 6.45) is 2.83. The summed E-state index contributed by atoms with van der Waals surface area (Å²) in [5.41, 5.74) is 0.834. The van der Waals surface area contributed by atoms with Gasteiger partial charge in [0.25, 0.3) is 0 Å². The zero-order valence-corrected chi connectivity index (χ0v) is 13.9. The number of carboxylic acids is 1. The van der Waals surface area contributed by atoms with Crippen LogP contribution in [0.15, 0.2) is 36.7 Å². The second kappa shape index (κ2) is 8.00. The maximum Gasteiger partial charge on any atom is 0.322 e. The first-order valence-corrected chi connectivity index (χ1v) is 7.55. The van der Waals surface area contributed by atoms with Gasteiger partial charge in [0.15, 0.2) is 11.9 Å². The van der Waals surface area contributed by atoms with Crippen LogP contribution in [0, 0.1) is 0 Å². The Morgan fingerprint density at radius 2 is 2.00 bits per heavy atom. The van der Waals surface area contributed by atoms with E-state index in [1.165, 1.54) is 6.92 Å². The van der Waals surface area contributed by atoms with E-state index in [0.29, 0.717) is 22.8 Å². The third-order valence-electron chi connectivity index (χ3n) is 3.35. The largest absolute Gasteiger partial charge is 0.483 e. The van der Waals surface area contributed by atoms with E-state index in [-0.39, 0.29) is 18.0 Å². The molecule has 0 amide bonds. The quantitative estimate of drug-likeness (QED) is 0.586. The molecule has 0 aliphatic heterocycles. The van der Waals surface area contributed by atoms with Crippen molar-refractivity contribution < 1.29 is 24.8 Å². The molecule has 0 radical (unpaired) electrons. The lowest BCUT2D eigenvalue weighted by Crippen LogP contribution is -2.45. The number of carbonyl (C=O) groups excluding carboxylic acids is 1. The summed E-state index contributed by atoms with van der Waals surface area (Å²) in [6.45, 7) is 2.83. The van der Waals surface area contributed by atoms with E-state index in [9.17, 15) is 9.59 Å². The Hall–Kier alpha value is -3.29. The Labute approximate surface area is 144 Å². The van der Waals surface area contributed by atoms with Crippen molar-refractivity contribution in [3.05, 3.63) is 48.0 Å². The van der Waals surface area contributed by atoms with Gasteiger partial charge in [0.05, 0.1) is 5.56 Å². The minimum Gasteiger partial charge on any atom is -0.483 e. The topological polar surface area (TPSA) is 127 Å². The van der Waals surface area contributed by atoms with Crippen LogP contribution in [0.5, 0.6) is 5.75 Å². The molecule has 0 saturated heterocycles. The highest BCUT2D eigenvalue weighted by molar-refractivity contribution is 6.44. The number of hydrogen-bond donors (Lipinski definition) is 3. The maximum absolute atomic E-state index is 11.6. The van der Waals surface area contributed by atoms with Crippen LogP contribution in [-0.2, 0) is 9.59 Å². The standard InChI is InChI=1S/C17H18N4O4/c1-10(22)16(18)13-8-12(4-5-14(13)21-9-15(23)24)25-11(2)17-19-6-3-7-20-17/h3-8,11,18,21H,9H2,1-2H3,(H,23,24)/p+1. The number of carboxylic acid groups (broad SMARTS) is 1. The number of aliphatic carboxylic acids is 1. The summed E-state index contributed by atoms with van der Waals surface area (Å²) in [5.74, 6) is -0.377. The van der Waals surface area contributed by atoms with E-state index in [1.807, 2.05) is 0 Å². The smallest absolute Gasteiger partial charge is 0.322 e. The molecule has 8 heteroatoms. The number of nitrogens with one attached hydrogen (secondary N) is 1. The van der Waals surface area contributed by atoms with Crippen LogP contribution in [0.3, 0.4) is 0 Å². The van der Waals surface area contributed by atoms with E-state index in [4.69, 9.17) is 15.3 Å². The average Bonchev–Trinajstić information content (AvgIpc) is 2.60. The number of benzene rings is 1. The molecule has 0 aliphatic rings. The predicted molar refractivity (Wildman–Crippen MR) is 90.4 cm³/mol. The summed E-state index contributed by atoms with van der Waals surface area (Å²) < 4.78 is 5.80. The molecule has 1 unspecified atom stereocenters. The fourth-order valence-corrected chi connectivity index (χ4v) is 2.11. The zero-order valence-electron chi connectivity index (χ0n) is 13.9. The number of aromatic nitrogens is 2. The first kappa shape index (κ1) is 18.1. The van der Waals surface area contributed by atoms with Crippen molar-refractivity contribution in [2.24, 2.45) is 0 Å².